The average molecular weight is 178 g/mol. The fourth-order valence-electron chi connectivity index (χ4n) is 1.31. The van der Waals surface area contributed by atoms with Crippen LogP contribution in [0.2, 0.25) is 0 Å². The van der Waals surface area contributed by atoms with E-state index < -0.39 is 5.97 Å². The predicted octanol–water partition coefficient (Wildman–Crippen LogP) is 0.814. The Morgan fingerprint density at radius 3 is 2.77 bits per heavy atom. The largest absolute Gasteiger partial charge is 0.477 e. The van der Waals surface area contributed by atoms with E-state index in [1.807, 2.05) is 6.07 Å². The maximum atomic E-state index is 10.5. The molecule has 4 heteroatoms. The van der Waals surface area contributed by atoms with Gasteiger partial charge in [-0.1, -0.05) is 6.07 Å². The Labute approximate surface area is 75.6 Å². The number of nitrogens with zero attached hydrogens (tertiary/aromatic N) is 1. The molecule has 0 aromatic carbocycles. The van der Waals surface area contributed by atoms with Crippen LogP contribution in [0, 0.1) is 0 Å². The van der Waals surface area contributed by atoms with Crippen LogP contribution in [-0.4, -0.2) is 22.6 Å². The summed E-state index contributed by atoms with van der Waals surface area (Å²) in [5.74, 6) is -0.979. The second-order valence-electron chi connectivity index (χ2n) is 3.08. The fourth-order valence-corrected chi connectivity index (χ4v) is 1.31. The maximum Gasteiger partial charge on any atom is 0.354 e. The van der Waals surface area contributed by atoms with Gasteiger partial charge in [-0.25, -0.2) is 9.78 Å². The van der Waals surface area contributed by atoms with Gasteiger partial charge in [0, 0.05) is 12.2 Å². The predicted molar refractivity (Wildman–Crippen MR) is 46.6 cm³/mol. The third kappa shape index (κ3) is 1.53. The minimum atomic E-state index is -0.979. The second-order valence-corrected chi connectivity index (χ2v) is 3.08. The normalized spacial score (nSPS) is 20.8. The molecule has 1 aromatic heterocycles. The fraction of sp³-hybridized carbons (Fsp3) is 0.333. The zero-order chi connectivity index (χ0) is 9.26. The molecule has 68 valence electrons. The summed E-state index contributed by atoms with van der Waals surface area (Å²) < 4.78 is 0. The number of rotatable bonds is 2. The highest BCUT2D eigenvalue weighted by Crippen LogP contribution is 2.21. The lowest BCUT2D eigenvalue weighted by atomic mass is 10.00. The van der Waals surface area contributed by atoms with E-state index in [4.69, 9.17) is 5.11 Å². The Kier molecular flexibility index (Phi) is 1.98. The maximum absolute atomic E-state index is 10.5. The molecule has 1 atom stereocenters. The third-order valence-corrected chi connectivity index (χ3v) is 2.23. The molecule has 1 aliphatic rings. The average Bonchev–Trinajstić information content (AvgIpc) is 2.02. The SMILES string of the molecule is O=C(O)c1ccc(C2CCN2)cn1. The van der Waals surface area contributed by atoms with Gasteiger partial charge in [-0.3, -0.25) is 0 Å². The van der Waals surface area contributed by atoms with Gasteiger partial charge in [0.2, 0.25) is 0 Å². The van der Waals surface area contributed by atoms with Crippen LogP contribution in [0.25, 0.3) is 0 Å². The van der Waals surface area contributed by atoms with Gasteiger partial charge >= 0.3 is 5.97 Å². The van der Waals surface area contributed by atoms with Crippen molar-refractivity contribution in [2.24, 2.45) is 0 Å². The number of pyridine rings is 1. The molecule has 0 amide bonds. The van der Waals surface area contributed by atoms with E-state index in [0.29, 0.717) is 6.04 Å². The van der Waals surface area contributed by atoms with Crippen LogP contribution in [0.5, 0.6) is 0 Å². The van der Waals surface area contributed by atoms with E-state index in [2.05, 4.69) is 10.3 Å². The van der Waals surface area contributed by atoms with E-state index in [-0.39, 0.29) is 5.69 Å². The number of carbonyl (C=O) groups is 1. The number of carboxylic acids is 1. The molecule has 0 bridgehead atoms. The number of aromatic carboxylic acids is 1. The smallest absolute Gasteiger partial charge is 0.354 e. The van der Waals surface area contributed by atoms with Crippen molar-refractivity contribution in [1.82, 2.24) is 10.3 Å². The minimum Gasteiger partial charge on any atom is -0.477 e. The van der Waals surface area contributed by atoms with Crippen LogP contribution >= 0.6 is 0 Å². The van der Waals surface area contributed by atoms with E-state index in [1.165, 1.54) is 6.07 Å². The third-order valence-electron chi connectivity index (χ3n) is 2.23. The molecular weight excluding hydrogens is 168 g/mol. The summed E-state index contributed by atoms with van der Waals surface area (Å²) in [5, 5.41) is 11.8. The van der Waals surface area contributed by atoms with Crippen molar-refractivity contribution in [2.75, 3.05) is 6.54 Å². The molecule has 2 N–H and O–H groups in total. The quantitative estimate of drug-likeness (QED) is 0.703. The molecule has 0 spiro atoms. The van der Waals surface area contributed by atoms with Crippen LogP contribution in [-0.2, 0) is 0 Å². The molecule has 1 aliphatic heterocycles. The summed E-state index contributed by atoms with van der Waals surface area (Å²) in [7, 11) is 0. The first-order chi connectivity index (χ1) is 6.27. The molecule has 0 radical (unpaired) electrons. The van der Waals surface area contributed by atoms with E-state index in [1.54, 1.807) is 6.20 Å². The van der Waals surface area contributed by atoms with Gasteiger partial charge in [0.15, 0.2) is 0 Å². The summed E-state index contributed by atoms with van der Waals surface area (Å²) in [5.41, 5.74) is 1.17. The first kappa shape index (κ1) is 8.19. The van der Waals surface area contributed by atoms with Gasteiger partial charge in [0.05, 0.1) is 0 Å². The highest BCUT2D eigenvalue weighted by molar-refractivity contribution is 5.85. The second kappa shape index (κ2) is 3.14. The lowest BCUT2D eigenvalue weighted by Crippen LogP contribution is -2.35. The number of nitrogens with one attached hydrogen (secondary N) is 1. The molecular formula is C9H10N2O2. The van der Waals surface area contributed by atoms with Gasteiger partial charge in [0.25, 0.3) is 0 Å². The number of hydrogen-bond acceptors (Lipinski definition) is 3. The van der Waals surface area contributed by atoms with Crippen molar-refractivity contribution in [1.29, 1.82) is 0 Å². The summed E-state index contributed by atoms with van der Waals surface area (Å²) in [6.07, 6.45) is 2.73. The monoisotopic (exact) mass is 178 g/mol. The van der Waals surface area contributed by atoms with Crippen LogP contribution in [0.3, 0.4) is 0 Å². The summed E-state index contributed by atoms with van der Waals surface area (Å²) in [6.45, 7) is 1.03. The molecule has 1 unspecified atom stereocenters. The van der Waals surface area contributed by atoms with Gasteiger partial charge in [-0.05, 0) is 24.6 Å². The topological polar surface area (TPSA) is 62.2 Å². The van der Waals surface area contributed by atoms with Crippen molar-refractivity contribution in [2.45, 2.75) is 12.5 Å². The Hall–Kier alpha value is -1.42. The van der Waals surface area contributed by atoms with Gasteiger partial charge < -0.3 is 10.4 Å². The summed E-state index contributed by atoms with van der Waals surface area (Å²) >= 11 is 0. The molecule has 2 heterocycles. The minimum absolute atomic E-state index is 0.100. The molecule has 0 saturated carbocycles. The Balaban J connectivity index is 2.17. The molecule has 13 heavy (non-hydrogen) atoms. The van der Waals surface area contributed by atoms with Gasteiger partial charge in [-0.2, -0.15) is 0 Å². The first-order valence-corrected chi connectivity index (χ1v) is 4.20. The highest BCUT2D eigenvalue weighted by atomic mass is 16.4. The van der Waals surface area contributed by atoms with Crippen molar-refractivity contribution in [3.8, 4) is 0 Å². The van der Waals surface area contributed by atoms with Crippen molar-refractivity contribution < 1.29 is 9.90 Å². The Morgan fingerprint density at radius 1 is 1.62 bits per heavy atom. The molecule has 1 fully saturated rings. The molecule has 1 saturated heterocycles. The van der Waals surface area contributed by atoms with E-state index >= 15 is 0 Å². The summed E-state index contributed by atoms with van der Waals surface area (Å²) in [6, 6.07) is 3.72. The first-order valence-electron chi connectivity index (χ1n) is 4.20. The molecule has 4 nitrogen and oxygen atoms in total. The number of hydrogen-bond donors (Lipinski definition) is 2. The molecule has 0 aliphatic carbocycles. The highest BCUT2D eigenvalue weighted by Gasteiger charge is 2.18. The van der Waals surface area contributed by atoms with Crippen LogP contribution in [0.4, 0.5) is 0 Å². The standard InChI is InChI=1S/C9H10N2O2/c12-9(13)8-2-1-6(5-11-8)7-3-4-10-7/h1-2,5,7,10H,3-4H2,(H,12,13). The zero-order valence-electron chi connectivity index (χ0n) is 7.03. The van der Waals surface area contributed by atoms with Crippen molar-refractivity contribution in [3.05, 3.63) is 29.6 Å². The number of aromatic nitrogens is 1. The van der Waals surface area contributed by atoms with Crippen molar-refractivity contribution >= 4 is 5.97 Å². The molecule has 2 rings (SSSR count). The van der Waals surface area contributed by atoms with Crippen molar-refractivity contribution in [3.63, 3.8) is 0 Å². The van der Waals surface area contributed by atoms with Crippen LogP contribution in [0.15, 0.2) is 18.3 Å². The Bertz CT molecular complexity index is 317. The summed E-state index contributed by atoms with van der Waals surface area (Å²) in [4.78, 5) is 14.3. The zero-order valence-corrected chi connectivity index (χ0v) is 7.03. The van der Waals surface area contributed by atoms with Crippen LogP contribution < -0.4 is 5.32 Å². The van der Waals surface area contributed by atoms with Gasteiger partial charge in [0.1, 0.15) is 5.69 Å². The van der Waals surface area contributed by atoms with E-state index in [9.17, 15) is 4.79 Å². The van der Waals surface area contributed by atoms with Gasteiger partial charge in [-0.15, -0.1) is 0 Å². The lowest BCUT2D eigenvalue weighted by Gasteiger charge is -2.27. The number of carboxylic acid groups (broad SMARTS) is 1. The lowest BCUT2D eigenvalue weighted by molar-refractivity contribution is 0.0690. The molecule has 1 aromatic rings. The van der Waals surface area contributed by atoms with E-state index in [0.717, 1.165) is 18.5 Å². The van der Waals surface area contributed by atoms with Crippen LogP contribution in [0.1, 0.15) is 28.5 Å². The Morgan fingerprint density at radius 2 is 2.38 bits per heavy atom.